The minimum absolute atomic E-state index is 0.118. The summed E-state index contributed by atoms with van der Waals surface area (Å²) in [6.07, 6.45) is 0.118. The highest BCUT2D eigenvalue weighted by molar-refractivity contribution is 5.82. The van der Waals surface area contributed by atoms with Crippen molar-refractivity contribution in [3.63, 3.8) is 0 Å². The Hall–Kier alpha value is -3.08. The van der Waals surface area contributed by atoms with Crippen LogP contribution in [0.15, 0.2) is 57.7 Å². The SMILES string of the molecule is COc1cccc(CC(=O)Oc2ccc3c(C)cc(=O)oc3c2)c1. The van der Waals surface area contributed by atoms with Gasteiger partial charge in [-0.25, -0.2) is 4.79 Å². The van der Waals surface area contributed by atoms with Crippen LogP contribution in [0.25, 0.3) is 11.0 Å². The predicted octanol–water partition coefficient (Wildman–Crippen LogP) is 3.26. The molecular formula is C19H16O5. The third kappa shape index (κ3) is 3.46. The number of rotatable bonds is 4. The second-order valence-electron chi connectivity index (χ2n) is 5.41. The number of fused-ring (bicyclic) bond motifs is 1. The van der Waals surface area contributed by atoms with Crippen LogP contribution in [0.1, 0.15) is 11.1 Å². The summed E-state index contributed by atoms with van der Waals surface area (Å²) in [6, 6.07) is 13.7. The molecule has 0 aliphatic rings. The maximum absolute atomic E-state index is 12.1. The van der Waals surface area contributed by atoms with Crippen LogP contribution in [0.3, 0.4) is 0 Å². The van der Waals surface area contributed by atoms with Gasteiger partial charge < -0.3 is 13.9 Å². The molecule has 2 aromatic carbocycles. The van der Waals surface area contributed by atoms with Crippen LogP contribution >= 0.6 is 0 Å². The summed E-state index contributed by atoms with van der Waals surface area (Å²) >= 11 is 0. The van der Waals surface area contributed by atoms with Gasteiger partial charge in [0.15, 0.2) is 0 Å². The van der Waals surface area contributed by atoms with Crippen LogP contribution < -0.4 is 15.1 Å². The van der Waals surface area contributed by atoms with Crippen molar-refractivity contribution in [2.45, 2.75) is 13.3 Å². The Morgan fingerprint density at radius 2 is 1.92 bits per heavy atom. The van der Waals surface area contributed by atoms with Gasteiger partial charge in [0.2, 0.25) is 0 Å². The lowest BCUT2D eigenvalue weighted by atomic mass is 10.1. The van der Waals surface area contributed by atoms with E-state index in [1.807, 2.05) is 25.1 Å². The molecule has 0 aliphatic carbocycles. The second-order valence-corrected chi connectivity index (χ2v) is 5.41. The molecule has 0 N–H and O–H groups in total. The number of benzene rings is 2. The van der Waals surface area contributed by atoms with E-state index in [0.717, 1.165) is 16.5 Å². The number of hydrogen-bond donors (Lipinski definition) is 0. The molecule has 1 aromatic heterocycles. The molecule has 3 aromatic rings. The molecule has 0 radical (unpaired) electrons. The average Bonchev–Trinajstić information content (AvgIpc) is 2.54. The van der Waals surface area contributed by atoms with Gasteiger partial charge >= 0.3 is 11.6 Å². The van der Waals surface area contributed by atoms with Gasteiger partial charge in [0.25, 0.3) is 0 Å². The highest BCUT2D eigenvalue weighted by atomic mass is 16.5. The van der Waals surface area contributed by atoms with Gasteiger partial charge in [-0.3, -0.25) is 4.79 Å². The molecule has 0 bridgehead atoms. The van der Waals surface area contributed by atoms with E-state index < -0.39 is 11.6 Å². The van der Waals surface area contributed by atoms with Gasteiger partial charge in [0.05, 0.1) is 13.5 Å². The van der Waals surface area contributed by atoms with Gasteiger partial charge in [-0.1, -0.05) is 12.1 Å². The normalized spacial score (nSPS) is 10.6. The molecule has 0 atom stereocenters. The number of esters is 1. The molecule has 3 rings (SSSR count). The molecule has 0 aliphatic heterocycles. The van der Waals surface area contributed by atoms with Crippen LogP contribution in [-0.4, -0.2) is 13.1 Å². The lowest BCUT2D eigenvalue weighted by Crippen LogP contribution is -2.11. The van der Waals surface area contributed by atoms with Gasteiger partial charge in [0, 0.05) is 17.5 Å². The summed E-state index contributed by atoms with van der Waals surface area (Å²) in [5, 5.41) is 0.808. The van der Waals surface area contributed by atoms with E-state index in [1.54, 1.807) is 31.4 Å². The lowest BCUT2D eigenvalue weighted by molar-refractivity contribution is -0.133. The van der Waals surface area contributed by atoms with Crippen molar-refractivity contribution < 1.29 is 18.7 Å². The fraction of sp³-hybridized carbons (Fsp3) is 0.158. The van der Waals surface area contributed by atoms with E-state index in [1.165, 1.54) is 6.07 Å². The first-order chi connectivity index (χ1) is 11.5. The van der Waals surface area contributed by atoms with Gasteiger partial charge in [-0.15, -0.1) is 0 Å². The van der Waals surface area contributed by atoms with E-state index in [0.29, 0.717) is 17.1 Å². The minimum Gasteiger partial charge on any atom is -0.497 e. The Kier molecular flexibility index (Phi) is 4.33. The van der Waals surface area contributed by atoms with Crippen molar-refractivity contribution in [1.29, 1.82) is 0 Å². The first-order valence-electron chi connectivity index (χ1n) is 7.43. The fourth-order valence-electron chi connectivity index (χ4n) is 2.49. The Balaban J connectivity index is 1.78. The van der Waals surface area contributed by atoms with Gasteiger partial charge in [-0.05, 0) is 42.3 Å². The van der Waals surface area contributed by atoms with Crippen LogP contribution in [0.2, 0.25) is 0 Å². The standard InChI is InChI=1S/C19H16O5/c1-12-8-18(20)24-17-11-15(6-7-16(12)17)23-19(21)10-13-4-3-5-14(9-13)22-2/h3-9,11H,10H2,1-2H3. The first-order valence-corrected chi connectivity index (χ1v) is 7.43. The molecule has 0 saturated carbocycles. The average molecular weight is 324 g/mol. The summed E-state index contributed by atoms with van der Waals surface area (Å²) < 4.78 is 15.6. The van der Waals surface area contributed by atoms with Gasteiger partial charge in [0.1, 0.15) is 17.1 Å². The molecule has 0 saturated heterocycles. The van der Waals surface area contributed by atoms with Crippen LogP contribution in [0, 0.1) is 6.92 Å². The summed E-state index contributed by atoms with van der Waals surface area (Å²) in [4.78, 5) is 23.5. The maximum atomic E-state index is 12.1. The van der Waals surface area contributed by atoms with Crippen LogP contribution in [-0.2, 0) is 11.2 Å². The molecule has 0 spiro atoms. The molecule has 5 nitrogen and oxygen atoms in total. The van der Waals surface area contributed by atoms with Crippen LogP contribution in [0.5, 0.6) is 11.5 Å². The van der Waals surface area contributed by atoms with Crippen molar-refractivity contribution >= 4 is 16.9 Å². The molecule has 5 heteroatoms. The van der Waals surface area contributed by atoms with Crippen molar-refractivity contribution in [3.05, 3.63) is 70.1 Å². The predicted molar refractivity (Wildman–Crippen MR) is 89.6 cm³/mol. The van der Waals surface area contributed by atoms with Gasteiger partial charge in [-0.2, -0.15) is 0 Å². The second kappa shape index (κ2) is 6.58. The minimum atomic E-state index is -0.431. The Labute approximate surface area is 138 Å². The van der Waals surface area contributed by atoms with E-state index in [9.17, 15) is 9.59 Å². The molecule has 0 unspecified atom stereocenters. The highest BCUT2D eigenvalue weighted by Crippen LogP contribution is 2.22. The molecule has 0 fully saturated rings. The lowest BCUT2D eigenvalue weighted by Gasteiger charge is -2.07. The number of hydrogen-bond acceptors (Lipinski definition) is 5. The van der Waals surface area contributed by atoms with Crippen molar-refractivity contribution in [2.75, 3.05) is 7.11 Å². The van der Waals surface area contributed by atoms with Crippen molar-refractivity contribution in [2.24, 2.45) is 0 Å². The Morgan fingerprint density at radius 3 is 2.71 bits per heavy atom. The highest BCUT2D eigenvalue weighted by Gasteiger charge is 2.10. The van der Waals surface area contributed by atoms with Crippen LogP contribution in [0.4, 0.5) is 0 Å². The topological polar surface area (TPSA) is 65.7 Å². The largest absolute Gasteiger partial charge is 0.497 e. The Bertz CT molecular complexity index is 955. The number of methoxy groups -OCH3 is 1. The summed E-state index contributed by atoms with van der Waals surface area (Å²) in [6.45, 7) is 1.83. The molecule has 122 valence electrons. The Morgan fingerprint density at radius 1 is 1.08 bits per heavy atom. The number of aryl methyl sites for hydroxylation is 1. The first kappa shape index (κ1) is 15.8. The summed E-state index contributed by atoms with van der Waals surface area (Å²) in [5.74, 6) is 0.616. The third-order valence-corrected chi connectivity index (χ3v) is 3.64. The molecule has 24 heavy (non-hydrogen) atoms. The van der Waals surface area contributed by atoms with E-state index in [-0.39, 0.29) is 6.42 Å². The quantitative estimate of drug-likeness (QED) is 0.419. The fourth-order valence-corrected chi connectivity index (χ4v) is 2.49. The van der Waals surface area contributed by atoms with Crippen molar-refractivity contribution in [1.82, 2.24) is 0 Å². The summed E-state index contributed by atoms with van der Waals surface area (Å²) in [7, 11) is 1.57. The zero-order valence-electron chi connectivity index (χ0n) is 13.4. The number of ether oxygens (including phenoxy) is 2. The van der Waals surface area contributed by atoms with Crippen molar-refractivity contribution in [3.8, 4) is 11.5 Å². The van der Waals surface area contributed by atoms with E-state index in [2.05, 4.69) is 0 Å². The molecular weight excluding hydrogens is 308 g/mol. The summed E-state index contributed by atoms with van der Waals surface area (Å²) in [5.41, 5.74) is 1.57. The zero-order chi connectivity index (χ0) is 17.1. The third-order valence-electron chi connectivity index (χ3n) is 3.64. The molecule has 1 heterocycles. The zero-order valence-corrected chi connectivity index (χ0v) is 13.4. The van der Waals surface area contributed by atoms with E-state index in [4.69, 9.17) is 13.9 Å². The number of carbonyl (C=O) groups excluding carboxylic acids is 1. The maximum Gasteiger partial charge on any atom is 0.336 e. The smallest absolute Gasteiger partial charge is 0.336 e. The van der Waals surface area contributed by atoms with E-state index >= 15 is 0 Å². The molecule has 0 amide bonds. The monoisotopic (exact) mass is 324 g/mol. The number of carbonyl (C=O) groups is 1.